The number of para-hydroxylation sites is 1. The van der Waals surface area contributed by atoms with Crippen LogP contribution in [0.25, 0.3) is 0 Å². The van der Waals surface area contributed by atoms with Gasteiger partial charge in [0.15, 0.2) is 0 Å². The van der Waals surface area contributed by atoms with E-state index in [4.69, 9.17) is 0 Å². The van der Waals surface area contributed by atoms with Gasteiger partial charge in [-0.05, 0) is 0 Å². The Morgan fingerprint density at radius 3 is 1.86 bits per heavy atom. The van der Waals surface area contributed by atoms with Crippen molar-refractivity contribution in [3.05, 3.63) is 42.5 Å². The zero-order chi connectivity index (χ0) is 9.26. The molecule has 72 valence electrons. The van der Waals surface area contributed by atoms with E-state index in [1.165, 1.54) is 12.2 Å². The molecule has 0 saturated heterocycles. The zero-order valence-corrected chi connectivity index (χ0v) is 7.99. The number of hydrogen-bond donors (Lipinski definition) is 1. The van der Waals surface area contributed by atoms with Crippen molar-refractivity contribution in [3.63, 3.8) is 0 Å². The van der Waals surface area contributed by atoms with Crippen LogP contribution >= 0.6 is 0 Å². The van der Waals surface area contributed by atoms with E-state index in [-0.39, 0.29) is 29.1 Å². The third-order valence-electron chi connectivity index (χ3n) is 1.94. The molecule has 1 heterocycles. The summed E-state index contributed by atoms with van der Waals surface area (Å²) in [6, 6.07) is 8.99. The van der Waals surface area contributed by atoms with Crippen LogP contribution in [-0.2, 0) is 9.59 Å². The van der Waals surface area contributed by atoms with Gasteiger partial charge in [0.25, 0.3) is 0 Å². The molecule has 0 aliphatic carbocycles. The molecule has 0 bridgehead atoms. The van der Waals surface area contributed by atoms with Gasteiger partial charge in [0.2, 0.25) is 0 Å². The monoisotopic (exact) mass is 209 g/mol. The lowest BCUT2D eigenvalue weighted by Gasteiger charge is -2.05. The molecule has 0 aromatic heterocycles. The first kappa shape index (κ1) is 10.6. The Kier molecular flexibility index (Phi) is 3.17. The highest BCUT2D eigenvalue weighted by Gasteiger charge is 2.31. The molecule has 4 heteroatoms. The largest absolute Gasteiger partial charge is 1.00 e. The minimum absolute atomic E-state index is 0. The molecule has 2 rings (SSSR count). The Balaban J connectivity index is 0.000000980. The topological polar surface area (TPSA) is 38.6 Å². The van der Waals surface area contributed by atoms with Gasteiger partial charge in [0.05, 0.1) is 12.2 Å². The second-order valence-corrected chi connectivity index (χ2v) is 2.80. The molecule has 14 heavy (non-hydrogen) atoms. The molecule has 0 saturated carbocycles. The van der Waals surface area contributed by atoms with Gasteiger partial charge in [0.1, 0.15) is 5.69 Å². The van der Waals surface area contributed by atoms with E-state index in [0.29, 0.717) is 5.69 Å². The van der Waals surface area contributed by atoms with Gasteiger partial charge in [-0.2, -0.15) is 4.90 Å². The fraction of sp³-hybridized carbons (Fsp3) is 0. The minimum atomic E-state index is -0.198. The summed E-state index contributed by atoms with van der Waals surface area (Å²) in [4.78, 5) is 22.8. The van der Waals surface area contributed by atoms with E-state index in [2.05, 4.69) is 0 Å². The zero-order valence-electron chi connectivity index (χ0n) is 7.24. The highest BCUT2D eigenvalue weighted by molar-refractivity contribution is 6.03. The summed E-state index contributed by atoms with van der Waals surface area (Å²) in [6.07, 6.45) is 2.62. The van der Waals surface area contributed by atoms with Gasteiger partial charge in [-0.1, -0.05) is 18.2 Å². The molecule has 2 amide bonds. The lowest BCUT2D eigenvalue weighted by molar-refractivity contribution is -0.654. The smallest absolute Gasteiger partial charge is 0.350 e. The van der Waals surface area contributed by atoms with Crippen molar-refractivity contribution in [2.24, 2.45) is 0 Å². The van der Waals surface area contributed by atoms with Crippen LogP contribution in [0.2, 0.25) is 0 Å². The molecule has 0 spiro atoms. The van der Waals surface area contributed by atoms with Crippen molar-refractivity contribution in [2.45, 2.75) is 0 Å². The highest BCUT2D eigenvalue weighted by Crippen LogP contribution is 2.00. The maximum atomic E-state index is 11.2. The highest BCUT2D eigenvalue weighted by atomic mass is 35.5. The van der Waals surface area contributed by atoms with Gasteiger partial charge < -0.3 is 12.4 Å². The van der Waals surface area contributed by atoms with Crippen LogP contribution < -0.4 is 17.3 Å². The van der Waals surface area contributed by atoms with Crippen molar-refractivity contribution in [2.75, 3.05) is 0 Å². The number of halogens is 1. The predicted octanol–water partition coefficient (Wildman–Crippen LogP) is -3.17. The third kappa shape index (κ3) is 1.73. The van der Waals surface area contributed by atoms with Gasteiger partial charge in [0, 0.05) is 12.1 Å². The summed E-state index contributed by atoms with van der Waals surface area (Å²) in [7, 11) is 0. The Morgan fingerprint density at radius 1 is 0.857 bits per heavy atom. The summed E-state index contributed by atoms with van der Waals surface area (Å²) in [6.45, 7) is 0. The molecule has 0 radical (unpaired) electrons. The van der Waals surface area contributed by atoms with Gasteiger partial charge in [-0.25, -0.2) is 9.59 Å². The molecule has 0 fully saturated rings. The van der Waals surface area contributed by atoms with E-state index >= 15 is 0 Å². The number of imide groups is 1. The van der Waals surface area contributed by atoms with Gasteiger partial charge in [-0.15, -0.1) is 0 Å². The Bertz CT molecular complexity index is 368. The van der Waals surface area contributed by atoms with Crippen molar-refractivity contribution >= 4 is 17.5 Å². The summed E-state index contributed by atoms with van der Waals surface area (Å²) >= 11 is 0. The van der Waals surface area contributed by atoms with Crippen LogP contribution in [0.15, 0.2) is 42.5 Å². The van der Waals surface area contributed by atoms with E-state index in [0.717, 1.165) is 0 Å². The number of carbonyl (C=O) groups excluding carboxylic acids is 2. The fourth-order valence-electron chi connectivity index (χ4n) is 1.33. The molecule has 1 aliphatic rings. The SMILES string of the molecule is O=C1C=CC(=O)[NH+]1c1ccccc1.[Cl-]. The number of quaternary nitrogens is 1. The van der Waals surface area contributed by atoms with Gasteiger partial charge >= 0.3 is 11.8 Å². The van der Waals surface area contributed by atoms with Crippen LogP contribution in [0.5, 0.6) is 0 Å². The van der Waals surface area contributed by atoms with Crippen LogP contribution in [-0.4, -0.2) is 11.8 Å². The van der Waals surface area contributed by atoms with Crippen molar-refractivity contribution in [3.8, 4) is 0 Å². The van der Waals surface area contributed by atoms with Crippen LogP contribution in [0.4, 0.5) is 5.69 Å². The van der Waals surface area contributed by atoms with E-state index in [1.807, 2.05) is 6.07 Å². The average molecular weight is 210 g/mol. The average Bonchev–Trinajstić information content (AvgIpc) is 2.48. The molecule has 1 N–H and O–H groups in total. The summed E-state index contributed by atoms with van der Waals surface area (Å²) in [5, 5.41) is 0. The number of carbonyl (C=O) groups is 2. The number of hydrogen-bond acceptors (Lipinski definition) is 2. The molecular formula is C10H8ClNO2. The van der Waals surface area contributed by atoms with Crippen molar-refractivity contribution in [1.82, 2.24) is 0 Å². The Hall–Kier alpha value is -1.45. The van der Waals surface area contributed by atoms with Gasteiger partial charge in [-0.3, -0.25) is 0 Å². The second-order valence-electron chi connectivity index (χ2n) is 2.80. The molecule has 1 aromatic carbocycles. The molecule has 1 aliphatic heterocycles. The summed E-state index contributed by atoms with van der Waals surface area (Å²) < 4.78 is 0. The number of rotatable bonds is 1. The summed E-state index contributed by atoms with van der Waals surface area (Å²) in [5.41, 5.74) is 0.697. The normalized spacial score (nSPS) is 15.7. The van der Waals surface area contributed by atoms with E-state index < -0.39 is 0 Å². The second kappa shape index (κ2) is 4.17. The van der Waals surface area contributed by atoms with E-state index in [1.54, 1.807) is 24.3 Å². The first-order valence-electron chi connectivity index (χ1n) is 3.98. The van der Waals surface area contributed by atoms with Crippen LogP contribution in [0.3, 0.4) is 0 Å². The minimum Gasteiger partial charge on any atom is -1.00 e. The fourth-order valence-corrected chi connectivity index (χ4v) is 1.33. The number of benzene rings is 1. The first-order valence-corrected chi connectivity index (χ1v) is 3.98. The Labute approximate surface area is 87.4 Å². The molecular weight excluding hydrogens is 202 g/mol. The maximum Gasteiger partial charge on any atom is 0.350 e. The molecule has 1 aromatic rings. The number of nitrogens with one attached hydrogen (secondary N) is 1. The van der Waals surface area contributed by atoms with Crippen molar-refractivity contribution in [1.29, 1.82) is 0 Å². The Morgan fingerprint density at radius 2 is 1.36 bits per heavy atom. The standard InChI is InChI=1S/C10H7NO2.ClH/c12-9-6-7-10(13)11(9)8-4-2-1-3-5-8;/h1-7H;1H. The predicted molar refractivity (Wildman–Crippen MR) is 46.2 cm³/mol. The molecule has 0 unspecified atom stereocenters. The summed E-state index contributed by atoms with van der Waals surface area (Å²) in [5.74, 6) is -0.396. The van der Waals surface area contributed by atoms with Crippen LogP contribution in [0.1, 0.15) is 0 Å². The lowest BCUT2D eigenvalue weighted by Crippen LogP contribution is -3.10. The third-order valence-corrected chi connectivity index (χ3v) is 1.94. The van der Waals surface area contributed by atoms with Crippen molar-refractivity contribution < 1.29 is 26.9 Å². The number of amides is 2. The molecule has 3 nitrogen and oxygen atoms in total. The maximum absolute atomic E-state index is 11.2. The van der Waals surface area contributed by atoms with Crippen LogP contribution in [0, 0.1) is 0 Å². The van der Waals surface area contributed by atoms with E-state index in [9.17, 15) is 9.59 Å². The molecule has 0 atom stereocenters. The lowest BCUT2D eigenvalue weighted by atomic mass is 10.3. The first-order chi connectivity index (χ1) is 6.29. The quantitative estimate of drug-likeness (QED) is 0.496.